The van der Waals surface area contributed by atoms with Crippen LogP contribution in [0.25, 0.3) is 0 Å². The van der Waals surface area contributed by atoms with Crippen molar-refractivity contribution in [3.8, 4) is 0 Å². The topological polar surface area (TPSA) is 78.9 Å². The van der Waals surface area contributed by atoms with Gasteiger partial charge in [-0.05, 0) is 83.5 Å². The maximum Gasteiger partial charge on any atom is 0.306 e. The average molecular weight is 1050 g/mol. The fraction of sp³-hybridized carbons (Fsp3) is 0.841. The Labute approximate surface area is 467 Å². The summed E-state index contributed by atoms with van der Waals surface area (Å²) in [5.74, 6) is -0.863. The highest BCUT2D eigenvalue weighted by molar-refractivity contribution is 5.71. The van der Waals surface area contributed by atoms with Crippen LogP contribution in [-0.2, 0) is 28.6 Å². The van der Waals surface area contributed by atoms with Gasteiger partial charge in [-0.15, -0.1) is 0 Å². The number of unbranched alkanes of at least 4 members (excludes halogenated alkanes) is 42. The molecular weight excluding hydrogens is 925 g/mol. The number of ether oxygens (including phenoxy) is 3. The summed E-state index contributed by atoms with van der Waals surface area (Å²) in [5, 5.41) is 0. The third-order valence-corrected chi connectivity index (χ3v) is 14.8. The summed E-state index contributed by atoms with van der Waals surface area (Å²) >= 11 is 0. The summed E-state index contributed by atoms with van der Waals surface area (Å²) in [6.45, 7) is 6.63. The summed E-state index contributed by atoms with van der Waals surface area (Å²) in [7, 11) is 0. The summed E-state index contributed by atoms with van der Waals surface area (Å²) in [6, 6.07) is 0. The molecule has 0 spiro atoms. The highest BCUT2D eigenvalue weighted by atomic mass is 16.6. The van der Waals surface area contributed by atoms with Gasteiger partial charge in [0, 0.05) is 19.3 Å². The van der Waals surface area contributed by atoms with Crippen molar-refractivity contribution < 1.29 is 28.6 Å². The Hall–Kier alpha value is -2.63. The van der Waals surface area contributed by atoms with Gasteiger partial charge >= 0.3 is 17.9 Å². The molecule has 0 aliphatic heterocycles. The van der Waals surface area contributed by atoms with Crippen LogP contribution >= 0.6 is 0 Å². The predicted octanol–water partition coefficient (Wildman–Crippen LogP) is 22.6. The first-order valence-corrected chi connectivity index (χ1v) is 33.1. The molecule has 0 heterocycles. The minimum atomic E-state index is -0.771. The Bertz CT molecular complexity index is 1300. The van der Waals surface area contributed by atoms with Crippen molar-refractivity contribution in [3.63, 3.8) is 0 Å². The van der Waals surface area contributed by atoms with Gasteiger partial charge in [-0.3, -0.25) is 14.4 Å². The van der Waals surface area contributed by atoms with Crippen LogP contribution < -0.4 is 0 Å². The maximum atomic E-state index is 12.9. The van der Waals surface area contributed by atoms with E-state index in [0.717, 1.165) is 70.6 Å². The molecule has 1 atom stereocenters. The van der Waals surface area contributed by atoms with Crippen LogP contribution in [0.15, 0.2) is 48.6 Å². The van der Waals surface area contributed by atoms with Crippen LogP contribution in [0.5, 0.6) is 0 Å². The molecule has 0 aliphatic carbocycles. The van der Waals surface area contributed by atoms with Crippen molar-refractivity contribution in [2.24, 2.45) is 0 Å². The molecule has 0 aliphatic rings. The second-order valence-electron chi connectivity index (χ2n) is 22.4. The summed E-state index contributed by atoms with van der Waals surface area (Å²) in [6.07, 6.45) is 80.1. The van der Waals surface area contributed by atoms with Gasteiger partial charge in [0.2, 0.25) is 0 Å². The number of hydrogen-bond donors (Lipinski definition) is 0. The molecule has 438 valence electrons. The van der Waals surface area contributed by atoms with Crippen LogP contribution in [-0.4, -0.2) is 37.2 Å². The van der Waals surface area contributed by atoms with Gasteiger partial charge < -0.3 is 14.2 Å². The first kappa shape index (κ1) is 72.4. The van der Waals surface area contributed by atoms with Gasteiger partial charge in [0.05, 0.1) is 0 Å². The van der Waals surface area contributed by atoms with Gasteiger partial charge in [-0.25, -0.2) is 0 Å². The van der Waals surface area contributed by atoms with Crippen LogP contribution in [0.1, 0.15) is 355 Å². The molecule has 0 saturated carbocycles. The SMILES string of the molecule is CCCCCCC/C=C\C/C=C\C/C=C\CCCCCCCCCCCCC(=O)OCC(COC(=O)CCCCCCCCC)OC(=O)CCCCCCCCCCCCCCC/C=C\CCCCCCCCCC. The lowest BCUT2D eigenvalue weighted by Gasteiger charge is -2.18. The van der Waals surface area contributed by atoms with E-state index in [9.17, 15) is 14.4 Å². The van der Waals surface area contributed by atoms with Crippen molar-refractivity contribution >= 4 is 17.9 Å². The molecule has 0 aromatic carbocycles. The van der Waals surface area contributed by atoms with Gasteiger partial charge in [0.25, 0.3) is 0 Å². The zero-order valence-electron chi connectivity index (χ0n) is 50.3. The zero-order chi connectivity index (χ0) is 54.3. The molecule has 0 aromatic rings. The number of hydrogen-bond acceptors (Lipinski definition) is 6. The monoisotopic (exact) mass is 1050 g/mol. The van der Waals surface area contributed by atoms with Crippen LogP contribution in [0.2, 0.25) is 0 Å². The first-order chi connectivity index (χ1) is 37.0. The van der Waals surface area contributed by atoms with Crippen LogP contribution in [0.4, 0.5) is 0 Å². The molecular formula is C69H126O6. The van der Waals surface area contributed by atoms with E-state index in [1.54, 1.807) is 0 Å². The van der Waals surface area contributed by atoms with Crippen LogP contribution in [0, 0.1) is 0 Å². The fourth-order valence-electron chi connectivity index (χ4n) is 9.80. The van der Waals surface area contributed by atoms with Gasteiger partial charge in [0.15, 0.2) is 6.10 Å². The Balaban J connectivity index is 4.10. The quantitative estimate of drug-likeness (QED) is 0.0261. The second kappa shape index (κ2) is 63.9. The third-order valence-electron chi connectivity index (χ3n) is 14.8. The summed E-state index contributed by atoms with van der Waals surface area (Å²) in [5.41, 5.74) is 0. The van der Waals surface area contributed by atoms with E-state index in [4.69, 9.17) is 14.2 Å². The zero-order valence-corrected chi connectivity index (χ0v) is 50.3. The molecule has 1 unspecified atom stereocenters. The smallest absolute Gasteiger partial charge is 0.306 e. The van der Waals surface area contributed by atoms with Crippen molar-refractivity contribution in [3.05, 3.63) is 48.6 Å². The van der Waals surface area contributed by atoms with Crippen molar-refractivity contribution in [2.45, 2.75) is 361 Å². The molecule has 0 aromatic heterocycles. The van der Waals surface area contributed by atoms with Gasteiger partial charge in [0.1, 0.15) is 13.2 Å². The van der Waals surface area contributed by atoms with E-state index >= 15 is 0 Å². The molecule has 0 rings (SSSR count). The van der Waals surface area contributed by atoms with Crippen molar-refractivity contribution in [2.75, 3.05) is 13.2 Å². The Morgan fingerprint density at radius 3 is 0.760 bits per heavy atom. The molecule has 0 saturated heterocycles. The lowest BCUT2D eigenvalue weighted by Crippen LogP contribution is -2.30. The maximum absolute atomic E-state index is 12.9. The molecule has 0 N–H and O–H groups in total. The third kappa shape index (κ3) is 62.1. The average Bonchev–Trinajstić information content (AvgIpc) is 3.41. The molecule has 75 heavy (non-hydrogen) atoms. The minimum absolute atomic E-state index is 0.0713. The molecule has 0 fully saturated rings. The number of esters is 3. The lowest BCUT2D eigenvalue weighted by molar-refractivity contribution is -0.167. The summed E-state index contributed by atoms with van der Waals surface area (Å²) in [4.78, 5) is 38.1. The van der Waals surface area contributed by atoms with E-state index in [1.807, 2.05) is 0 Å². The molecule has 0 radical (unpaired) electrons. The number of carbonyl (C=O) groups is 3. The Kier molecular flexibility index (Phi) is 61.7. The highest BCUT2D eigenvalue weighted by Gasteiger charge is 2.19. The van der Waals surface area contributed by atoms with Crippen molar-refractivity contribution in [1.29, 1.82) is 0 Å². The Morgan fingerprint density at radius 1 is 0.267 bits per heavy atom. The lowest BCUT2D eigenvalue weighted by atomic mass is 10.0. The van der Waals surface area contributed by atoms with Gasteiger partial charge in [-0.2, -0.15) is 0 Å². The van der Waals surface area contributed by atoms with E-state index in [2.05, 4.69) is 69.4 Å². The number of rotatable bonds is 61. The van der Waals surface area contributed by atoms with E-state index in [-0.39, 0.29) is 31.1 Å². The standard InChI is InChI=1S/C69H126O6/c1-4-7-10-13-16-18-20-22-24-26-28-30-32-34-36-38-40-42-44-46-48-50-53-56-59-62-68(71)74-65-66(64-73-67(70)61-58-55-52-15-12-9-6-3)75-69(72)63-60-57-54-51-49-47-45-43-41-39-37-35-33-31-29-27-25-23-21-19-17-14-11-8-5-2/h20,22,26-29,32,34,66H,4-19,21,23-25,30-31,33,35-65H2,1-3H3/b22-20-,28-26-,29-27-,34-32-. The normalized spacial score (nSPS) is 12.3. The number of carbonyl (C=O) groups excluding carboxylic acids is 3. The van der Waals surface area contributed by atoms with E-state index in [1.165, 1.54) is 244 Å². The molecule has 6 heteroatoms. The van der Waals surface area contributed by atoms with Gasteiger partial charge in [-0.1, -0.05) is 301 Å². The second-order valence-corrected chi connectivity index (χ2v) is 22.4. The first-order valence-electron chi connectivity index (χ1n) is 33.1. The Morgan fingerprint density at radius 2 is 0.480 bits per heavy atom. The van der Waals surface area contributed by atoms with Crippen LogP contribution in [0.3, 0.4) is 0 Å². The largest absolute Gasteiger partial charge is 0.462 e. The molecule has 0 amide bonds. The van der Waals surface area contributed by atoms with E-state index in [0.29, 0.717) is 19.3 Å². The number of allylic oxidation sites excluding steroid dienone is 8. The van der Waals surface area contributed by atoms with E-state index < -0.39 is 6.10 Å². The minimum Gasteiger partial charge on any atom is -0.462 e. The summed E-state index contributed by atoms with van der Waals surface area (Å²) < 4.78 is 16.9. The fourth-order valence-corrected chi connectivity index (χ4v) is 9.80. The van der Waals surface area contributed by atoms with Crippen molar-refractivity contribution in [1.82, 2.24) is 0 Å². The predicted molar refractivity (Wildman–Crippen MR) is 325 cm³/mol. The molecule has 6 nitrogen and oxygen atoms in total. The molecule has 0 bridgehead atoms. The highest BCUT2D eigenvalue weighted by Crippen LogP contribution is 2.17.